The maximum atomic E-state index is 11.7. The summed E-state index contributed by atoms with van der Waals surface area (Å²) in [6.45, 7) is 2.38. The Hall–Kier alpha value is -1.75. The van der Waals surface area contributed by atoms with Crippen molar-refractivity contribution in [2.45, 2.75) is 13.3 Å². The summed E-state index contributed by atoms with van der Waals surface area (Å²) in [5.41, 5.74) is 6.56. The van der Waals surface area contributed by atoms with Gasteiger partial charge in [-0.3, -0.25) is 4.79 Å². The van der Waals surface area contributed by atoms with Crippen LogP contribution in [0.1, 0.15) is 12.5 Å². The van der Waals surface area contributed by atoms with Crippen LogP contribution in [0, 0.1) is 5.92 Å². The maximum Gasteiger partial charge on any atom is 0.310 e. The molecule has 0 aliphatic carbocycles. The lowest BCUT2D eigenvalue weighted by Crippen LogP contribution is -2.27. The van der Waals surface area contributed by atoms with Gasteiger partial charge in [0.1, 0.15) is 11.5 Å². The van der Waals surface area contributed by atoms with Gasteiger partial charge in [0, 0.05) is 12.6 Å². The molecule has 5 nitrogen and oxygen atoms in total. The number of carbonyl (C=O) groups excluding carboxylic acids is 1. The molecule has 19 heavy (non-hydrogen) atoms. The first kappa shape index (κ1) is 15.3. The van der Waals surface area contributed by atoms with E-state index < -0.39 is 0 Å². The SMILES string of the molecule is CCOC(=O)C(CN)Cc1cc(OC)cc(OC)c1. The summed E-state index contributed by atoms with van der Waals surface area (Å²) < 4.78 is 15.4. The average molecular weight is 267 g/mol. The molecule has 5 heteroatoms. The van der Waals surface area contributed by atoms with Gasteiger partial charge in [-0.15, -0.1) is 0 Å². The quantitative estimate of drug-likeness (QED) is 0.756. The van der Waals surface area contributed by atoms with Crippen LogP contribution in [0.25, 0.3) is 0 Å². The molecule has 0 heterocycles. The van der Waals surface area contributed by atoms with E-state index in [2.05, 4.69) is 0 Å². The van der Waals surface area contributed by atoms with Crippen molar-refractivity contribution in [2.24, 2.45) is 11.7 Å². The summed E-state index contributed by atoms with van der Waals surface area (Å²) >= 11 is 0. The molecule has 1 rings (SSSR count). The number of nitrogens with two attached hydrogens (primary N) is 1. The van der Waals surface area contributed by atoms with Gasteiger partial charge in [0.05, 0.1) is 26.7 Å². The van der Waals surface area contributed by atoms with E-state index in [-0.39, 0.29) is 18.4 Å². The molecule has 1 unspecified atom stereocenters. The standard InChI is InChI=1S/C14H21NO4/c1-4-19-14(16)11(9-15)5-10-6-12(17-2)8-13(7-10)18-3/h6-8,11H,4-5,9,15H2,1-3H3. The summed E-state index contributed by atoms with van der Waals surface area (Å²) in [5, 5.41) is 0. The number of ether oxygens (including phenoxy) is 3. The fourth-order valence-corrected chi connectivity index (χ4v) is 1.79. The van der Waals surface area contributed by atoms with Crippen molar-refractivity contribution >= 4 is 5.97 Å². The predicted octanol–water partition coefficient (Wildman–Crippen LogP) is 1.38. The predicted molar refractivity (Wildman–Crippen MR) is 72.4 cm³/mol. The van der Waals surface area contributed by atoms with Gasteiger partial charge in [0.15, 0.2) is 0 Å². The minimum Gasteiger partial charge on any atom is -0.497 e. The number of rotatable bonds is 7. The van der Waals surface area contributed by atoms with Crippen LogP contribution in [0.5, 0.6) is 11.5 Å². The van der Waals surface area contributed by atoms with Crippen LogP contribution in [-0.2, 0) is 16.0 Å². The second kappa shape index (κ2) is 7.63. The first-order valence-corrected chi connectivity index (χ1v) is 6.23. The van der Waals surface area contributed by atoms with Crippen LogP contribution in [0.3, 0.4) is 0 Å². The molecule has 0 spiro atoms. The van der Waals surface area contributed by atoms with E-state index in [1.807, 2.05) is 12.1 Å². The van der Waals surface area contributed by atoms with Crippen molar-refractivity contribution in [3.8, 4) is 11.5 Å². The normalized spacial score (nSPS) is 11.8. The molecule has 1 aromatic carbocycles. The van der Waals surface area contributed by atoms with Crippen LogP contribution >= 0.6 is 0 Å². The van der Waals surface area contributed by atoms with Gasteiger partial charge in [-0.05, 0) is 31.0 Å². The number of hydrogen-bond acceptors (Lipinski definition) is 5. The van der Waals surface area contributed by atoms with Gasteiger partial charge in [-0.2, -0.15) is 0 Å². The fourth-order valence-electron chi connectivity index (χ4n) is 1.79. The van der Waals surface area contributed by atoms with E-state index in [1.165, 1.54) is 0 Å². The van der Waals surface area contributed by atoms with E-state index in [4.69, 9.17) is 19.9 Å². The lowest BCUT2D eigenvalue weighted by Gasteiger charge is -2.14. The monoisotopic (exact) mass is 267 g/mol. The largest absolute Gasteiger partial charge is 0.497 e. The topological polar surface area (TPSA) is 70.8 Å². The Morgan fingerprint density at radius 3 is 2.21 bits per heavy atom. The minimum atomic E-state index is -0.350. The molecule has 2 N–H and O–H groups in total. The van der Waals surface area contributed by atoms with Crippen LogP contribution in [0.4, 0.5) is 0 Å². The van der Waals surface area contributed by atoms with Crippen LogP contribution in [0.15, 0.2) is 18.2 Å². The highest BCUT2D eigenvalue weighted by Gasteiger charge is 2.19. The van der Waals surface area contributed by atoms with Crippen molar-refractivity contribution in [1.29, 1.82) is 0 Å². The second-order valence-electron chi connectivity index (χ2n) is 4.11. The highest BCUT2D eigenvalue weighted by molar-refractivity contribution is 5.73. The highest BCUT2D eigenvalue weighted by atomic mass is 16.5. The van der Waals surface area contributed by atoms with E-state index in [0.29, 0.717) is 24.5 Å². The molecular weight excluding hydrogens is 246 g/mol. The highest BCUT2D eigenvalue weighted by Crippen LogP contribution is 2.24. The number of benzene rings is 1. The lowest BCUT2D eigenvalue weighted by atomic mass is 9.99. The zero-order chi connectivity index (χ0) is 14.3. The van der Waals surface area contributed by atoms with Gasteiger partial charge in [-0.1, -0.05) is 0 Å². The van der Waals surface area contributed by atoms with Gasteiger partial charge in [-0.25, -0.2) is 0 Å². The molecule has 0 saturated heterocycles. The van der Waals surface area contributed by atoms with Gasteiger partial charge in [0.2, 0.25) is 0 Å². The lowest BCUT2D eigenvalue weighted by molar-refractivity contribution is -0.147. The molecule has 0 amide bonds. The number of hydrogen-bond donors (Lipinski definition) is 1. The molecule has 0 radical (unpaired) electrons. The van der Waals surface area contributed by atoms with Crippen LogP contribution < -0.4 is 15.2 Å². The Labute approximate surface area is 113 Å². The summed E-state index contributed by atoms with van der Waals surface area (Å²) in [7, 11) is 3.18. The molecule has 0 bridgehead atoms. The fraction of sp³-hybridized carbons (Fsp3) is 0.500. The van der Waals surface area contributed by atoms with E-state index >= 15 is 0 Å². The minimum absolute atomic E-state index is 0.248. The van der Waals surface area contributed by atoms with Gasteiger partial charge >= 0.3 is 5.97 Å². The Bertz CT molecular complexity index is 398. The maximum absolute atomic E-state index is 11.7. The molecule has 0 fully saturated rings. The third-order valence-electron chi connectivity index (χ3n) is 2.80. The van der Waals surface area contributed by atoms with E-state index in [1.54, 1.807) is 27.2 Å². The number of esters is 1. The second-order valence-corrected chi connectivity index (χ2v) is 4.11. The van der Waals surface area contributed by atoms with Crippen molar-refractivity contribution < 1.29 is 19.0 Å². The molecule has 1 atom stereocenters. The third kappa shape index (κ3) is 4.44. The first-order valence-electron chi connectivity index (χ1n) is 6.23. The van der Waals surface area contributed by atoms with E-state index in [0.717, 1.165) is 5.56 Å². The molecule has 0 aliphatic heterocycles. The Morgan fingerprint density at radius 2 is 1.79 bits per heavy atom. The van der Waals surface area contributed by atoms with Gasteiger partial charge in [0.25, 0.3) is 0 Å². The zero-order valence-corrected chi connectivity index (χ0v) is 11.6. The molecule has 1 aromatic rings. The summed E-state index contributed by atoms with van der Waals surface area (Å²) in [4.78, 5) is 11.7. The Kier molecular flexibility index (Phi) is 6.15. The van der Waals surface area contributed by atoms with Crippen LogP contribution in [-0.4, -0.2) is 33.3 Å². The molecule has 0 saturated carbocycles. The Morgan fingerprint density at radius 1 is 1.21 bits per heavy atom. The summed E-state index contributed by atoms with van der Waals surface area (Å²) in [6, 6.07) is 5.51. The molecular formula is C14H21NO4. The molecule has 0 aliphatic rings. The number of carbonyl (C=O) groups is 1. The summed E-state index contributed by atoms with van der Waals surface area (Å²) in [6.07, 6.45) is 0.503. The first-order chi connectivity index (χ1) is 9.14. The smallest absolute Gasteiger partial charge is 0.310 e. The zero-order valence-electron chi connectivity index (χ0n) is 11.6. The summed E-state index contributed by atoms with van der Waals surface area (Å²) in [5.74, 6) is 0.756. The average Bonchev–Trinajstić information content (AvgIpc) is 2.44. The van der Waals surface area contributed by atoms with Crippen molar-refractivity contribution in [3.63, 3.8) is 0 Å². The molecule has 106 valence electrons. The molecule has 0 aromatic heterocycles. The Balaban J connectivity index is 2.86. The van der Waals surface area contributed by atoms with Crippen LogP contribution in [0.2, 0.25) is 0 Å². The van der Waals surface area contributed by atoms with E-state index in [9.17, 15) is 4.79 Å². The van der Waals surface area contributed by atoms with Crippen molar-refractivity contribution in [3.05, 3.63) is 23.8 Å². The number of methoxy groups -OCH3 is 2. The van der Waals surface area contributed by atoms with Crippen molar-refractivity contribution in [2.75, 3.05) is 27.4 Å². The van der Waals surface area contributed by atoms with Crippen molar-refractivity contribution in [1.82, 2.24) is 0 Å². The van der Waals surface area contributed by atoms with Gasteiger partial charge < -0.3 is 19.9 Å². The third-order valence-corrected chi connectivity index (χ3v) is 2.80.